The van der Waals surface area contributed by atoms with E-state index in [0.29, 0.717) is 18.5 Å². The quantitative estimate of drug-likeness (QED) is 0.499. The van der Waals surface area contributed by atoms with Crippen molar-refractivity contribution in [1.29, 1.82) is 5.26 Å². The maximum Gasteiger partial charge on any atom is 0.252 e. The molecule has 0 radical (unpaired) electrons. The first kappa shape index (κ1) is 10.5. The summed E-state index contributed by atoms with van der Waals surface area (Å²) in [6.07, 6.45) is 1.11. The van der Waals surface area contributed by atoms with Crippen LogP contribution in [-0.2, 0) is 9.59 Å². The largest absolute Gasteiger partial charge is 0.312 e. The number of nitrogens with zero attached hydrogens (tertiary/aromatic N) is 2. The van der Waals surface area contributed by atoms with Gasteiger partial charge in [0.2, 0.25) is 0 Å². The molecule has 2 rings (SSSR count). The average molecular weight is 225 g/mol. The van der Waals surface area contributed by atoms with Crippen LogP contribution < -0.4 is 5.32 Å². The van der Waals surface area contributed by atoms with E-state index in [0.717, 1.165) is 0 Å². The lowest BCUT2D eigenvalue weighted by Gasteiger charge is -2.22. The van der Waals surface area contributed by atoms with E-state index in [1.807, 2.05) is 0 Å². The van der Waals surface area contributed by atoms with Crippen LogP contribution >= 0.6 is 11.8 Å². The summed E-state index contributed by atoms with van der Waals surface area (Å²) in [5, 5.41) is 11.6. The zero-order valence-corrected chi connectivity index (χ0v) is 9.08. The molecule has 1 amide bonds. The van der Waals surface area contributed by atoms with Crippen molar-refractivity contribution in [3.63, 3.8) is 0 Å². The summed E-state index contributed by atoms with van der Waals surface area (Å²) in [4.78, 5) is 24.5. The van der Waals surface area contributed by atoms with Crippen LogP contribution in [0.2, 0.25) is 0 Å². The van der Waals surface area contributed by atoms with Crippen molar-refractivity contribution in [2.45, 2.75) is 23.4 Å². The zero-order valence-electron chi connectivity index (χ0n) is 8.27. The number of likely N-dealkylation sites (N-methyl/N-ethyl adjacent to an activating group) is 1. The summed E-state index contributed by atoms with van der Waals surface area (Å²) >= 11 is 1.57. The van der Waals surface area contributed by atoms with E-state index in [1.165, 1.54) is 4.90 Å². The van der Waals surface area contributed by atoms with Gasteiger partial charge in [0, 0.05) is 12.2 Å². The highest BCUT2D eigenvalue weighted by atomic mass is 32.2. The first-order valence-corrected chi connectivity index (χ1v) is 5.72. The molecule has 2 aliphatic rings. The van der Waals surface area contributed by atoms with E-state index in [9.17, 15) is 9.59 Å². The van der Waals surface area contributed by atoms with Gasteiger partial charge in [-0.2, -0.15) is 5.26 Å². The molecule has 1 unspecified atom stereocenters. The van der Waals surface area contributed by atoms with Crippen molar-refractivity contribution in [3.8, 4) is 6.07 Å². The standard InChI is InChI=1S/C9H11N3O2S/c1-11-9(5-13)2-7-12(8(9)14)6(3-10)4-15-7/h5-7,11H,2,4H2,1H3/t6-,7+,9?/m1/s1. The van der Waals surface area contributed by atoms with Crippen molar-refractivity contribution >= 4 is 24.0 Å². The third-order valence-electron chi connectivity index (χ3n) is 3.00. The zero-order chi connectivity index (χ0) is 11.1. The third-order valence-corrected chi connectivity index (χ3v) is 4.29. The molecule has 6 heteroatoms. The summed E-state index contributed by atoms with van der Waals surface area (Å²) in [6, 6.07) is 1.71. The second-order valence-corrected chi connectivity index (χ2v) is 4.90. The minimum Gasteiger partial charge on any atom is -0.312 e. The number of nitriles is 1. The summed E-state index contributed by atoms with van der Waals surface area (Å²) in [6.45, 7) is 0. The van der Waals surface area contributed by atoms with Gasteiger partial charge in [-0.1, -0.05) is 0 Å². The van der Waals surface area contributed by atoms with Crippen molar-refractivity contribution in [1.82, 2.24) is 10.2 Å². The maximum absolute atomic E-state index is 12.0. The fourth-order valence-corrected chi connectivity index (χ4v) is 3.48. The Balaban J connectivity index is 2.31. The first-order chi connectivity index (χ1) is 7.18. The van der Waals surface area contributed by atoms with Gasteiger partial charge in [0.25, 0.3) is 5.91 Å². The predicted molar refractivity (Wildman–Crippen MR) is 55.0 cm³/mol. The molecular formula is C9H11N3O2S. The molecule has 0 aromatic carbocycles. The molecule has 3 atom stereocenters. The molecule has 2 heterocycles. The van der Waals surface area contributed by atoms with Crippen LogP contribution in [-0.4, -0.2) is 46.8 Å². The Bertz CT molecular complexity index is 354. The van der Waals surface area contributed by atoms with E-state index < -0.39 is 5.54 Å². The van der Waals surface area contributed by atoms with Gasteiger partial charge < -0.3 is 15.0 Å². The van der Waals surface area contributed by atoms with E-state index in [-0.39, 0.29) is 17.3 Å². The lowest BCUT2D eigenvalue weighted by molar-refractivity contribution is -0.136. The number of amides is 1. The third kappa shape index (κ3) is 1.27. The lowest BCUT2D eigenvalue weighted by Crippen LogP contribution is -2.53. The maximum atomic E-state index is 12.0. The molecule has 1 N–H and O–H groups in total. The van der Waals surface area contributed by atoms with Crippen LogP contribution in [0.15, 0.2) is 0 Å². The number of rotatable bonds is 2. The van der Waals surface area contributed by atoms with Gasteiger partial charge in [-0.15, -0.1) is 11.8 Å². The summed E-state index contributed by atoms with van der Waals surface area (Å²) in [5.74, 6) is 0.382. The Hall–Kier alpha value is -1.06. The number of hydrogen-bond acceptors (Lipinski definition) is 5. The van der Waals surface area contributed by atoms with E-state index in [1.54, 1.807) is 18.8 Å². The number of aldehydes is 1. The Morgan fingerprint density at radius 1 is 1.80 bits per heavy atom. The van der Waals surface area contributed by atoms with Gasteiger partial charge in [0.1, 0.15) is 12.3 Å². The molecule has 0 spiro atoms. The van der Waals surface area contributed by atoms with Gasteiger partial charge in [0.15, 0.2) is 5.54 Å². The Kier molecular flexibility index (Phi) is 2.44. The number of nitrogens with one attached hydrogen (secondary N) is 1. The minimum absolute atomic E-state index is 0.0280. The molecule has 15 heavy (non-hydrogen) atoms. The number of hydrogen-bond donors (Lipinski definition) is 1. The predicted octanol–water partition coefficient (Wildman–Crippen LogP) is -0.659. The van der Waals surface area contributed by atoms with Crippen LogP contribution in [0, 0.1) is 11.3 Å². The van der Waals surface area contributed by atoms with Crippen LogP contribution in [0.25, 0.3) is 0 Å². The molecule has 0 saturated carbocycles. The monoisotopic (exact) mass is 225 g/mol. The molecule has 5 nitrogen and oxygen atoms in total. The van der Waals surface area contributed by atoms with Gasteiger partial charge in [-0.25, -0.2) is 0 Å². The molecule has 0 aliphatic carbocycles. The van der Waals surface area contributed by atoms with Crippen LogP contribution in [0.5, 0.6) is 0 Å². The average Bonchev–Trinajstić information content (AvgIpc) is 2.77. The fraction of sp³-hybridized carbons (Fsp3) is 0.667. The van der Waals surface area contributed by atoms with E-state index in [2.05, 4.69) is 11.4 Å². The number of carbonyl (C=O) groups is 2. The molecule has 2 aliphatic heterocycles. The Morgan fingerprint density at radius 3 is 3.07 bits per heavy atom. The highest BCUT2D eigenvalue weighted by Gasteiger charge is 2.56. The lowest BCUT2D eigenvalue weighted by atomic mass is 10.0. The van der Waals surface area contributed by atoms with Gasteiger partial charge in [-0.3, -0.25) is 4.79 Å². The van der Waals surface area contributed by atoms with Gasteiger partial charge in [0.05, 0.1) is 11.4 Å². The Morgan fingerprint density at radius 2 is 2.53 bits per heavy atom. The normalized spacial score (nSPS) is 38.9. The summed E-state index contributed by atoms with van der Waals surface area (Å²) in [5.41, 5.74) is -1.10. The van der Waals surface area contributed by atoms with Crippen molar-refractivity contribution in [2.24, 2.45) is 0 Å². The summed E-state index contributed by atoms with van der Waals surface area (Å²) < 4.78 is 0. The molecule has 80 valence electrons. The minimum atomic E-state index is -1.10. The van der Waals surface area contributed by atoms with Crippen LogP contribution in [0.4, 0.5) is 0 Å². The van der Waals surface area contributed by atoms with Crippen LogP contribution in [0.1, 0.15) is 6.42 Å². The van der Waals surface area contributed by atoms with Crippen LogP contribution in [0.3, 0.4) is 0 Å². The molecule has 0 aromatic rings. The molecule has 0 aromatic heterocycles. The second-order valence-electron chi connectivity index (χ2n) is 3.69. The molecule has 2 fully saturated rings. The molecule has 2 saturated heterocycles. The SMILES string of the molecule is CNC1(C=O)C[C@@H]2SC[C@@H](C#N)N2C1=O. The molecule has 0 bridgehead atoms. The number of carbonyl (C=O) groups excluding carboxylic acids is 2. The van der Waals surface area contributed by atoms with E-state index >= 15 is 0 Å². The van der Waals surface area contributed by atoms with Gasteiger partial charge in [-0.05, 0) is 7.05 Å². The highest BCUT2D eigenvalue weighted by Crippen LogP contribution is 2.40. The number of fused-ring (bicyclic) bond motifs is 1. The number of thioether (sulfide) groups is 1. The van der Waals surface area contributed by atoms with Crippen molar-refractivity contribution < 1.29 is 9.59 Å². The van der Waals surface area contributed by atoms with Gasteiger partial charge >= 0.3 is 0 Å². The fourth-order valence-electron chi connectivity index (χ4n) is 2.05. The molecular weight excluding hydrogens is 214 g/mol. The van der Waals surface area contributed by atoms with Crippen molar-refractivity contribution in [3.05, 3.63) is 0 Å². The smallest absolute Gasteiger partial charge is 0.252 e. The highest BCUT2D eigenvalue weighted by molar-refractivity contribution is 8.00. The Labute approximate surface area is 91.8 Å². The topological polar surface area (TPSA) is 73.2 Å². The van der Waals surface area contributed by atoms with E-state index in [4.69, 9.17) is 5.26 Å². The first-order valence-electron chi connectivity index (χ1n) is 4.68. The van der Waals surface area contributed by atoms with Crippen molar-refractivity contribution in [2.75, 3.05) is 12.8 Å². The summed E-state index contributed by atoms with van der Waals surface area (Å²) in [7, 11) is 1.60. The second kappa shape index (κ2) is 3.51.